The zero-order valence-electron chi connectivity index (χ0n) is 13.0. The van der Waals surface area contributed by atoms with Crippen LogP contribution in [-0.4, -0.2) is 59.9 Å². The first kappa shape index (κ1) is 15.8. The van der Waals surface area contributed by atoms with E-state index in [4.69, 9.17) is 0 Å². The van der Waals surface area contributed by atoms with Gasteiger partial charge in [0, 0.05) is 38.4 Å². The van der Waals surface area contributed by atoms with Gasteiger partial charge in [-0.1, -0.05) is 6.07 Å². The maximum atomic E-state index is 12.1. The third-order valence-corrected chi connectivity index (χ3v) is 5.90. The fourth-order valence-electron chi connectivity index (χ4n) is 2.78. The Labute approximate surface area is 135 Å². The number of carbonyl (C=O) groups excluding carboxylic acids is 1. The van der Waals surface area contributed by atoms with E-state index < -0.39 is 9.84 Å². The van der Waals surface area contributed by atoms with E-state index in [9.17, 15) is 13.2 Å². The lowest BCUT2D eigenvalue weighted by Gasteiger charge is -2.23. The molecular weight excluding hydrogens is 316 g/mol. The molecule has 1 saturated heterocycles. The number of urea groups is 1. The zero-order chi connectivity index (χ0) is 16.4. The van der Waals surface area contributed by atoms with Crippen molar-refractivity contribution in [3.8, 4) is 0 Å². The maximum absolute atomic E-state index is 12.1. The van der Waals surface area contributed by atoms with Gasteiger partial charge in [-0.15, -0.1) is 0 Å². The Kier molecular flexibility index (Phi) is 4.25. The van der Waals surface area contributed by atoms with Gasteiger partial charge in [-0.25, -0.2) is 18.2 Å². The molecule has 0 aliphatic carbocycles. The lowest BCUT2D eigenvalue weighted by molar-refractivity contribution is 0.195. The highest BCUT2D eigenvalue weighted by molar-refractivity contribution is 7.91. The second-order valence-corrected chi connectivity index (χ2v) is 8.08. The average Bonchev–Trinajstić information content (AvgIpc) is 3.08. The number of carbonyl (C=O) groups is 1. The number of rotatable bonds is 4. The van der Waals surface area contributed by atoms with Crippen LogP contribution in [0.2, 0.25) is 0 Å². The SMILES string of the molecule is CN(C(=O)NCCc1cn2ccccc2n1)C1CCS(=O)(=O)C1. The fraction of sp³-hybridized carbons (Fsp3) is 0.467. The third kappa shape index (κ3) is 3.64. The molecule has 124 valence electrons. The quantitative estimate of drug-likeness (QED) is 0.891. The molecule has 0 radical (unpaired) electrons. The molecule has 2 aromatic heterocycles. The van der Waals surface area contributed by atoms with E-state index in [0.717, 1.165) is 11.3 Å². The molecule has 3 rings (SSSR count). The Hall–Kier alpha value is -2.09. The lowest BCUT2D eigenvalue weighted by Crippen LogP contribution is -2.44. The van der Waals surface area contributed by atoms with E-state index in [1.807, 2.05) is 35.0 Å². The van der Waals surface area contributed by atoms with Crippen LogP contribution in [0.4, 0.5) is 4.79 Å². The van der Waals surface area contributed by atoms with Gasteiger partial charge >= 0.3 is 6.03 Å². The maximum Gasteiger partial charge on any atom is 0.317 e. The minimum absolute atomic E-state index is 0.0589. The summed E-state index contributed by atoms with van der Waals surface area (Å²) in [7, 11) is -1.34. The van der Waals surface area contributed by atoms with E-state index >= 15 is 0 Å². The molecule has 8 heteroatoms. The zero-order valence-corrected chi connectivity index (χ0v) is 13.8. The largest absolute Gasteiger partial charge is 0.338 e. The molecule has 1 aliphatic heterocycles. The van der Waals surface area contributed by atoms with Crippen LogP contribution in [0.25, 0.3) is 5.65 Å². The Morgan fingerprint density at radius 1 is 1.48 bits per heavy atom. The van der Waals surface area contributed by atoms with Crippen molar-refractivity contribution >= 4 is 21.5 Å². The van der Waals surface area contributed by atoms with E-state index in [2.05, 4.69) is 10.3 Å². The molecule has 2 amide bonds. The molecule has 1 aliphatic rings. The highest BCUT2D eigenvalue weighted by Gasteiger charge is 2.32. The monoisotopic (exact) mass is 336 g/mol. The Bertz CT molecular complexity index is 782. The molecule has 0 aromatic carbocycles. The van der Waals surface area contributed by atoms with Crippen molar-refractivity contribution in [3.63, 3.8) is 0 Å². The first-order chi connectivity index (χ1) is 10.9. The Balaban J connectivity index is 1.51. The number of amides is 2. The number of pyridine rings is 1. The molecule has 2 aromatic rings. The van der Waals surface area contributed by atoms with E-state index in [1.165, 1.54) is 4.90 Å². The van der Waals surface area contributed by atoms with Crippen LogP contribution >= 0.6 is 0 Å². The number of sulfone groups is 1. The van der Waals surface area contributed by atoms with Gasteiger partial charge in [0.1, 0.15) is 5.65 Å². The predicted octanol–water partition coefficient (Wildman–Crippen LogP) is 0.705. The molecular formula is C15H20N4O3S. The number of hydrogen-bond acceptors (Lipinski definition) is 4. The van der Waals surface area contributed by atoms with Crippen molar-refractivity contribution in [2.45, 2.75) is 18.9 Å². The first-order valence-corrected chi connectivity index (χ1v) is 9.40. The number of hydrogen-bond donors (Lipinski definition) is 1. The van der Waals surface area contributed by atoms with Crippen molar-refractivity contribution in [1.29, 1.82) is 0 Å². The van der Waals surface area contributed by atoms with Crippen molar-refractivity contribution in [2.24, 2.45) is 0 Å². The first-order valence-electron chi connectivity index (χ1n) is 7.58. The number of imidazole rings is 1. The van der Waals surface area contributed by atoms with Crippen molar-refractivity contribution in [3.05, 3.63) is 36.3 Å². The molecule has 1 unspecified atom stereocenters. The predicted molar refractivity (Wildman–Crippen MR) is 87.1 cm³/mol. The van der Waals surface area contributed by atoms with Crippen LogP contribution in [0.5, 0.6) is 0 Å². The van der Waals surface area contributed by atoms with Crippen LogP contribution in [0, 0.1) is 0 Å². The minimum Gasteiger partial charge on any atom is -0.338 e. The van der Waals surface area contributed by atoms with Gasteiger partial charge < -0.3 is 14.6 Å². The van der Waals surface area contributed by atoms with E-state index in [-0.39, 0.29) is 23.6 Å². The van der Waals surface area contributed by atoms with Crippen LogP contribution in [0.3, 0.4) is 0 Å². The normalized spacial score (nSPS) is 19.8. The summed E-state index contributed by atoms with van der Waals surface area (Å²) in [4.78, 5) is 18.1. The lowest BCUT2D eigenvalue weighted by atomic mass is 10.2. The van der Waals surface area contributed by atoms with Gasteiger partial charge in [-0.05, 0) is 18.6 Å². The summed E-state index contributed by atoms with van der Waals surface area (Å²) in [6.07, 6.45) is 5.01. The smallest absolute Gasteiger partial charge is 0.317 e. The molecule has 0 spiro atoms. The van der Waals surface area contributed by atoms with Gasteiger partial charge in [0.15, 0.2) is 9.84 Å². The Morgan fingerprint density at radius 2 is 2.30 bits per heavy atom. The molecule has 7 nitrogen and oxygen atoms in total. The molecule has 0 saturated carbocycles. The summed E-state index contributed by atoms with van der Waals surface area (Å²) in [5, 5.41) is 2.82. The van der Waals surface area contributed by atoms with Crippen molar-refractivity contribution in [1.82, 2.24) is 19.6 Å². The second-order valence-electron chi connectivity index (χ2n) is 5.85. The topological polar surface area (TPSA) is 83.8 Å². The standard InChI is InChI=1S/C15H20N4O3S/c1-18(13-6-9-23(21,22)11-13)15(20)16-7-5-12-10-19-8-3-2-4-14(19)17-12/h2-4,8,10,13H,5-7,9,11H2,1H3,(H,16,20). The average molecular weight is 336 g/mol. The molecule has 0 bridgehead atoms. The van der Waals surface area contributed by atoms with Gasteiger partial charge in [-0.2, -0.15) is 0 Å². The number of nitrogens with one attached hydrogen (secondary N) is 1. The number of aromatic nitrogens is 2. The molecule has 1 atom stereocenters. The van der Waals surface area contributed by atoms with Crippen LogP contribution in [-0.2, 0) is 16.3 Å². The van der Waals surface area contributed by atoms with Crippen LogP contribution in [0.15, 0.2) is 30.6 Å². The molecule has 23 heavy (non-hydrogen) atoms. The fourth-order valence-corrected chi connectivity index (χ4v) is 4.55. The minimum atomic E-state index is -2.99. The van der Waals surface area contributed by atoms with Crippen molar-refractivity contribution < 1.29 is 13.2 Å². The van der Waals surface area contributed by atoms with Gasteiger partial charge in [0.25, 0.3) is 0 Å². The summed E-state index contributed by atoms with van der Waals surface area (Å²) < 4.78 is 24.9. The Morgan fingerprint density at radius 3 is 3.00 bits per heavy atom. The second kappa shape index (κ2) is 6.19. The summed E-state index contributed by atoms with van der Waals surface area (Å²) in [6.45, 7) is 0.465. The van der Waals surface area contributed by atoms with Gasteiger partial charge in [-0.3, -0.25) is 0 Å². The summed E-state index contributed by atoms with van der Waals surface area (Å²) in [5.74, 6) is 0.222. The summed E-state index contributed by atoms with van der Waals surface area (Å²) in [5.41, 5.74) is 1.78. The van der Waals surface area contributed by atoms with E-state index in [0.29, 0.717) is 19.4 Å². The molecule has 1 N–H and O–H groups in total. The summed E-state index contributed by atoms with van der Waals surface area (Å²) >= 11 is 0. The third-order valence-electron chi connectivity index (χ3n) is 4.15. The molecule has 1 fully saturated rings. The highest BCUT2D eigenvalue weighted by atomic mass is 32.2. The van der Waals surface area contributed by atoms with E-state index in [1.54, 1.807) is 7.05 Å². The van der Waals surface area contributed by atoms with Crippen LogP contribution in [0.1, 0.15) is 12.1 Å². The number of fused-ring (bicyclic) bond motifs is 1. The highest BCUT2D eigenvalue weighted by Crippen LogP contribution is 2.16. The van der Waals surface area contributed by atoms with Gasteiger partial charge in [0.05, 0.1) is 17.2 Å². The van der Waals surface area contributed by atoms with Gasteiger partial charge in [0.2, 0.25) is 0 Å². The molecule has 3 heterocycles. The number of nitrogens with zero attached hydrogens (tertiary/aromatic N) is 3. The van der Waals surface area contributed by atoms with Crippen molar-refractivity contribution in [2.75, 3.05) is 25.1 Å². The summed E-state index contributed by atoms with van der Waals surface area (Å²) in [6, 6.07) is 5.32. The van der Waals surface area contributed by atoms with Crippen LogP contribution < -0.4 is 5.32 Å².